The van der Waals surface area contributed by atoms with Crippen molar-refractivity contribution in [1.29, 1.82) is 0 Å². The number of anilines is 1. The van der Waals surface area contributed by atoms with Crippen molar-refractivity contribution in [2.24, 2.45) is 5.92 Å². The van der Waals surface area contributed by atoms with Crippen molar-refractivity contribution in [2.75, 3.05) is 25.0 Å². The molecule has 8 heteroatoms. The molecule has 1 N–H and O–H groups in total. The number of hydrogen-bond donors (Lipinski definition) is 1. The summed E-state index contributed by atoms with van der Waals surface area (Å²) in [5, 5.41) is 12.6. The van der Waals surface area contributed by atoms with Crippen molar-refractivity contribution >= 4 is 23.1 Å². The molecule has 0 spiro atoms. The van der Waals surface area contributed by atoms with Crippen LogP contribution in [0.4, 0.5) is 5.82 Å². The van der Waals surface area contributed by atoms with Gasteiger partial charge < -0.3 is 10.1 Å². The van der Waals surface area contributed by atoms with E-state index in [-0.39, 0.29) is 11.8 Å². The van der Waals surface area contributed by atoms with Crippen LogP contribution >= 0.6 is 11.3 Å². The zero-order valence-electron chi connectivity index (χ0n) is 13.6. The highest BCUT2D eigenvalue weighted by Gasteiger charge is 2.25. The third kappa shape index (κ3) is 4.48. The van der Waals surface area contributed by atoms with Crippen molar-refractivity contribution < 1.29 is 9.53 Å². The Morgan fingerprint density at radius 3 is 2.92 bits per heavy atom. The number of piperidine rings is 1. The summed E-state index contributed by atoms with van der Waals surface area (Å²) < 4.78 is 5.35. The van der Waals surface area contributed by atoms with Crippen LogP contribution in [-0.4, -0.2) is 45.7 Å². The number of carbonyl (C=O) groups is 1. The summed E-state index contributed by atoms with van der Waals surface area (Å²) in [4.78, 5) is 18.7. The molecule has 7 nitrogen and oxygen atoms in total. The van der Waals surface area contributed by atoms with Crippen LogP contribution in [0.2, 0.25) is 0 Å². The minimum Gasteiger partial charge on any atom is -0.469 e. The van der Waals surface area contributed by atoms with Gasteiger partial charge >= 0.3 is 0 Å². The minimum atomic E-state index is 0.0386. The molecule has 2 aromatic rings. The van der Waals surface area contributed by atoms with Crippen LogP contribution < -0.4 is 10.1 Å². The number of pyridine rings is 1. The van der Waals surface area contributed by atoms with Crippen LogP contribution in [0.25, 0.3) is 0 Å². The molecule has 128 valence electrons. The average Bonchev–Trinajstić information content (AvgIpc) is 3.04. The molecule has 0 aromatic carbocycles. The van der Waals surface area contributed by atoms with Crippen molar-refractivity contribution in [3.63, 3.8) is 0 Å². The quantitative estimate of drug-likeness (QED) is 0.863. The monoisotopic (exact) mass is 347 g/mol. The lowest BCUT2D eigenvalue weighted by Crippen LogP contribution is -2.37. The molecule has 0 saturated carbocycles. The smallest absolute Gasteiger partial charge is 0.294 e. The molecule has 1 saturated heterocycles. The number of nitrogens with one attached hydrogen (secondary N) is 1. The molecule has 0 bridgehead atoms. The van der Waals surface area contributed by atoms with Gasteiger partial charge in [0.1, 0.15) is 10.8 Å². The van der Waals surface area contributed by atoms with Gasteiger partial charge in [-0.05, 0) is 45.0 Å². The highest BCUT2D eigenvalue weighted by atomic mass is 32.1. The molecule has 1 fully saturated rings. The summed E-state index contributed by atoms with van der Waals surface area (Å²) >= 11 is 1.49. The Labute approximate surface area is 145 Å². The fourth-order valence-electron chi connectivity index (χ4n) is 2.69. The molecule has 1 aliphatic rings. The average molecular weight is 347 g/mol. The first-order valence-electron chi connectivity index (χ1n) is 8.14. The molecule has 0 aliphatic carbocycles. The third-order valence-electron chi connectivity index (χ3n) is 3.95. The van der Waals surface area contributed by atoms with Crippen LogP contribution in [0.5, 0.6) is 5.19 Å². The zero-order chi connectivity index (χ0) is 16.8. The van der Waals surface area contributed by atoms with Gasteiger partial charge in [0.25, 0.3) is 5.19 Å². The molecular weight excluding hydrogens is 326 g/mol. The van der Waals surface area contributed by atoms with Crippen molar-refractivity contribution in [2.45, 2.75) is 26.3 Å². The number of likely N-dealkylation sites (tertiary alicyclic amines) is 1. The summed E-state index contributed by atoms with van der Waals surface area (Å²) in [6, 6.07) is 5.50. The second-order valence-corrected chi connectivity index (χ2v) is 6.67. The van der Waals surface area contributed by atoms with Gasteiger partial charge in [-0.2, -0.15) is 0 Å². The van der Waals surface area contributed by atoms with Crippen molar-refractivity contribution in [3.8, 4) is 5.19 Å². The molecule has 1 amide bonds. The van der Waals surface area contributed by atoms with E-state index in [0.717, 1.165) is 37.5 Å². The van der Waals surface area contributed by atoms with Crippen LogP contribution in [0.1, 0.15) is 24.8 Å². The van der Waals surface area contributed by atoms with Crippen LogP contribution in [0, 0.1) is 5.92 Å². The standard InChI is InChI=1S/C16H21N5O2S/c1-2-23-16-20-19-14(24-16)11-21-9-6-12(7-10-21)15(22)18-13-5-3-4-8-17-13/h3-5,8,12H,2,6-7,9-11H2,1H3,(H,17,18,22). The predicted molar refractivity (Wildman–Crippen MR) is 91.9 cm³/mol. The Balaban J connectivity index is 1.45. The number of carbonyl (C=O) groups excluding carboxylic acids is 1. The number of amides is 1. The first-order valence-corrected chi connectivity index (χ1v) is 8.95. The lowest BCUT2D eigenvalue weighted by Gasteiger charge is -2.30. The Morgan fingerprint density at radius 1 is 1.38 bits per heavy atom. The Morgan fingerprint density at radius 2 is 2.21 bits per heavy atom. The highest BCUT2D eigenvalue weighted by molar-refractivity contribution is 7.13. The normalized spacial score (nSPS) is 16.0. The number of rotatable bonds is 6. The lowest BCUT2D eigenvalue weighted by atomic mass is 9.96. The lowest BCUT2D eigenvalue weighted by molar-refractivity contribution is -0.121. The number of ether oxygens (including phenoxy) is 1. The maximum absolute atomic E-state index is 12.3. The van der Waals surface area contributed by atoms with E-state index >= 15 is 0 Å². The fourth-order valence-corrected chi connectivity index (χ4v) is 3.48. The second kappa shape index (κ2) is 8.16. The summed E-state index contributed by atoms with van der Waals surface area (Å²) in [6.07, 6.45) is 3.36. The summed E-state index contributed by atoms with van der Waals surface area (Å²) in [7, 11) is 0. The van der Waals surface area contributed by atoms with Gasteiger partial charge in [0.15, 0.2) is 0 Å². The van der Waals surface area contributed by atoms with Gasteiger partial charge in [-0.3, -0.25) is 9.69 Å². The molecule has 0 radical (unpaired) electrons. The zero-order valence-corrected chi connectivity index (χ0v) is 14.5. The third-order valence-corrected chi connectivity index (χ3v) is 4.77. The largest absolute Gasteiger partial charge is 0.469 e. The summed E-state index contributed by atoms with van der Waals surface area (Å²) in [6.45, 7) is 5.06. The van der Waals surface area contributed by atoms with Gasteiger partial charge in [-0.25, -0.2) is 4.98 Å². The molecular formula is C16H21N5O2S. The molecule has 3 rings (SSSR count). The first-order chi connectivity index (χ1) is 11.7. The number of aromatic nitrogens is 3. The topological polar surface area (TPSA) is 80.2 Å². The Kier molecular flexibility index (Phi) is 5.71. The Bertz CT molecular complexity index is 655. The van der Waals surface area contributed by atoms with Crippen molar-refractivity contribution in [3.05, 3.63) is 29.4 Å². The number of hydrogen-bond acceptors (Lipinski definition) is 7. The highest BCUT2D eigenvalue weighted by Crippen LogP contribution is 2.23. The van der Waals surface area contributed by atoms with E-state index in [4.69, 9.17) is 4.74 Å². The number of nitrogens with zero attached hydrogens (tertiary/aromatic N) is 4. The predicted octanol–water partition coefficient (Wildman–Crippen LogP) is 2.18. The van der Waals surface area contributed by atoms with E-state index in [9.17, 15) is 4.79 Å². The molecule has 0 atom stereocenters. The summed E-state index contributed by atoms with van der Waals surface area (Å²) in [5.74, 6) is 0.710. The van der Waals surface area contributed by atoms with Crippen LogP contribution in [-0.2, 0) is 11.3 Å². The fraction of sp³-hybridized carbons (Fsp3) is 0.500. The van der Waals surface area contributed by atoms with E-state index in [1.165, 1.54) is 11.3 Å². The first kappa shape index (κ1) is 16.8. The minimum absolute atomic E-state index is 0.0386. The van der Waals surface area contributed by atoms with Gasteiger partial charge in [0.05, 0.1) is 13.2 Å². The molecule has 2 aromatic heterocycles. The van der Waals surface area contributed by atoms with E-state index < -0.39 is 0 Å². The Hall–Kier alpha value is -2.06. The van der Waals surface area contributed by atoms with Gasteiger partial charge in [0.2, 0.25) is 5.91 Å². The van der Waals surface area contributed by atoms with Gasteiger partial charge in [-0.15, -0.1) is 10.2 Å². The maximum atomic E-state index is 12.3. The molecule has 0 unspecified atom stereocenters. The van der Waals surface area contributed by atoms with Crippen LogP contribution in [0.15, 0.2) is 24.4 Å². The van der Waals surface area contributed by atoms with Crippen molar-refractivity contribution in [1.82, 2.24) is 20.1 Å². The van der Waals surface area contributed by atoms with E-state index in [2.05, 4.69) is 25.4 Å². The van der Waals surface area contributed by atoms with E-state index in [0.29, 0.717) is 17.6 Å². The molecule has 24 heavy (non-hydrogen) atoms. The second-order valence-electron chi connectivity index (χ2n) is 5.65. The van der Waals surface area contributed by atoms with E-state index in [1.807, 2.05) is 19.1 Å². The van der Waals surface area contributed by atoms with Gasteiger partial charge in [-0.1, -0.05) is 17.4 Å². The van der Waals surface area contributed by atoms with E-state index in [1.54, 1.807) is 12.3 Å². The van der Waals surface area contributed by atoms with Gasteiger partial charge in [0, 0.05) is 12.1 Å². The summed E-state index contributed by atoms with van der Waals surface area (Å²) in [5.41, 5.74) is 0. The molecule has 3 heterocycles. The maximum Gasteiger partial charge on any atom is 0.294 e. The SMILES string of the molecule is CCOc1nnc(CN2CCC(C(=O)Nc3ccccn3)CC2)s1. The van der Waals surface area contributed by atoms with Crippen LogP contribution in [0.3, 0.4) is 0 Å². The molecule has 1 aliphatic heterocycles.